The lowest BCUT2D eigenvalue weighted by atomic mass is 9.91. The van der Waals surface area contributed by atoms with E-state index in [0.29, 0.717) is 24.1 Å². The van der Waals surface area contributed by atoms with E-state index in [9.17, 15) is 9.59 Å². The fraction of sp³-hybridized carbons (Fsp3) is 0.296. The molecule has 6 rings (SSSR count). The summed E-state index contributed by atoms with van der Waals surface area (Å²) in [7, 11) is 0. The number of nitrogens with one attached hydrogen (secondary N) is 4. The van der Waals surface area contributed by atoms with Gasteiger partial charge >= 0.3 is 0 Å². The maximum atomic E-state index is 13.0. The van der Waals surface area contributed by atoms with Crippen molar-refractivity contribution in [1.82, 2.24) is 25.6 Å². The molecule has 2 aromatic heterocycles. The number of carbonyl (C=O) groups is 1. The molecule has 3 heterocycles. The minimum Gasteiger partial charge on any atom is -0.454 e. The molecule has 1 aliphatic carbocycles. The van der Waals surface area contributed by atoms with E-state index in [-0.39, 0.29) is 24.3 Å². The van der Waals surface area contributed by atoms with Gasteiger partial charge in [-0.3, -0.25) is 9.59 Å². The average molecular weight is 486 g/mol. The average Bonchev–Trinajstić information content (AvgIpc) is 3.54. The molecule has 1 aliphatic heterocycles. The topological polar surface area (TPSA) is 121 Å². The Morgan fingerprint density at radius 3 is 2.64 bits per heavy atom. The monoisotopic (exact) mass is 485 g/mol. The molecule has 0 saturated heterocycles. The molecular weight excluding hydrogens is 458 g/mol. The number of imidazole rings is 1. The second-order valence-corrected chi connectivity index (χ2v) is 9.30. The summed E-state index contributed by atoms with van der Waals surface area (Å²) < 4.78 is 10.8. The summed E-state index contributed by atoms with van der Waals surface area (Å²) in [5.41, 5.74) is 3.28. The molecule has 0 radical (unpaired) electrons. The van der Waals surface area contributed by atoms with Gasteiger partial charge in [-0.25, -0.2) is 4.98 Å². The number of nitrogens with zero attached hydrogens (tertiary/aromatic N) is 1. The summed E-state index contributed by atoms with van der Waals surface area (Å²) >= 11 is 0. The molecule has 1 saturated carbocycles. The van der Waals surface area contributed by atoms with Crippen LogP contribution in [0.15, 0.2) is 59.5 Å². The third kappa shape index (κ3) is 4.57. The first-order chi connectivity index (χ1) is 17.6. The van der Waals surface area contributed by atoms with Gasteiger partial charge in [0.1, 0.15) is 11.4 Å². The first-order valence-electron chi connectivity index (χ1n) is 12.2. The zero-order valence-electron chi connectivity index (χ0n) is 19.7. The number of H-pyrrole nitrogens is 2. The van der Waals surface area contributed by atoms with Crippen molar-refractivity contribution in [3.63, 3.8) is 0 Å². The second-order valence-electron chi connectivity index (χ2n) is 9.30. The number of hydrogen-bond donors (Lipinski definition) is 4. The fourth-order valence-corrected chi connectivity index (χ4v) is 4.93. The predicted molar refractivity (Wildman–Crippen MR) is 135 cm³/mol. The summed E-state index contributed by atoms with van der Waals surface area (Å²) in [6, 6.07) is 15.6. The normalized spacial score (nSPS) is 18.9. The van der Waals surface area contributed by atoms with Crippen LogP contribution in [0.3, 0.4) is 0 Å². The van der Waals surface area contributed by atoms with E-state index in [2.05, 4.69) is 25.6 Å². The van der Waals surface area contributed by atoms with Crippen LogP contribution in [0.25, 0.3) is 22.2 Å². The Morgan fingerprint density at radius 1 is 0.972 bits per heavy atom. The highest BCUT2D eigenvalue weighted by atomic mass is 16.7. The van der Waals surface area contributed by atoms with Crippen molar-refractivity contribution in [3.05, 3.63) is 76.5 Å². The van der Waals surface area contributed by atoms with Gasteiger partial charge in [0.25, 0.3) is 11.5 Å². The number of amides is 1. The Bertz CT molecular complexity index is 1440. The molecule has 0 spiro atoms. The lowest BCUT2D eigenvalue weighted by molar-refractivity contribution is 0.0922. The van der Waals surface area contributed by atoms with Gasteiger partial charge in [-0.15, -0.1) is 0 Å². The minimum absolute atomic E-state index is 0.0374. The number of carbonyl (C=O) groups excluding carboxylic acids is 1. The van der Waals surface area contributed by atoms with Crippen molar-refractivity contribution in [1.29, 1.82) is 0 Å². The Balaban J connectivity index is 1.05. The van der Waals surface area contributed by atoms with E-state index in [1.165, 1.54) is 0 Å². The zero-order chi connectivity index (χ0) is 24.5. The van der Waals surface area contributed by atoms with Crippen molar-refractivity contribution in [2.75, 3.05) is 6.79 Å². The highest BCUT2D eigenvalue weighted by Gasteiger charge is 2.24. The number of fused-ring (bicyclic) bond motifs is 2. The second kappa shape index (κ2) is 9.50. The van der Waals surface area contributed by atoms with Gasteiger partial charge in [-0.2, -0.15) is 0 Å². The highest BCUT2D eigenvalue weighted by molar-refractivity contribution is 5.95. The van der Waals surface area contributed by atoms with Crippen LogP contribution >= 0.6 is 0 Å². The van der Waals surface area contributed by atoms with Crippen molar-refractivity contribution in [3.8, 4) is 22.6 Å². The summed E-state index contributed by atoms with van der Waals surface area (Å²) in [6.45, 7) is 0.869. The van der Waals surface area contributed by atoms with Gasteiger partial charge in [0.2, 0.25) is 6.79 Å². The first kappa shape index (κ1) is 22.4. The number of para-hydroxylation sites is 2. The predicted octanol–water partition coefficient (Wildman–Crippen LogP) is 3.48. The van der Waals surface area contributed by atoms with Crippen LogP contribution in [0.5, 0.6) is 11.5 Å². The van der Waals surface area contributed by atoms with Crippen LogP contribution in [0.4, 0.5) is 0 Å². The molecule has 1 amide bonds. The molecule has 2 aliphatic rings. The van der Waals surface area contributed by atoms with Crippen LogP contribution in [-0.2, 0) is 6.54 Å². The fourth-order valence-electron chi connectivity index (χ4n) is 4.93. The van der Waals surface area contributed by atoms with E-state index in [0.717, 1.165) is 53.7 Å². The largest absolute Gasteiger partial charge is 0.454 e. The number of aromatic amines is 2. The van der Waals surface area contributed by atoms with E-state index in [1.54, 1.807) is 12.3 Å². The smallest absolute Gasteiger partial charge is 0.260 e. The highest BCUT2D eigenvalue weighted by Crippen LogP contribution is 2.35. The molecular formula is C27H27N5O4. The maximum Gasteiger partial charge on any atom is 0.260 e. The van der Waals surface area contributed by atoms with E-state index in [1.807, 2.05) is 42.5 Å². The van der Waals surface area contributed by atoms with Gasteiger partial charge in [0, 0.05) is 18.3 Å². The molecule has 1 fully saturated rings. The number of rotatable bonds is 6. The van der Waals surface area contributed by atoms with E-state index in [4.69, 9.17) is 9.47 Å². The van der Waals surface area contributed by atoms with Crippen LogP contribution in [0.2, 0.25) is 0 Å². The zero-order valence-corrected chi connectivity index (χ0v) is 19.7. The van der Waals surface area contributed by atoms with Gasteiger partial charge in [-0.1, -0.05) is 18.2 Å². The number of aromatic nitrogens is 3. The Hall–Kier alpha value is -4.11. The standard InChI is InChI=1S/C27H27N5O4/c33-26-20(11-17(13-29-26)16-5-10-23-24(12-16)36-15-35-23)27(34)30-19-8-6-18(7-9-19)28-14-25-31-21-3-1-2-4-22(21)32-25/h1-5,10-13,18-19,28H,6-9,14-15H2,(H,29,33)(H,30,34)(H,31,32). The Morgan fingerprint density at radius 2 is 1.78 bits per heavy atom. The third-order valence-corrected chi connectivity index (χ3v) is 6.91. The Kier molecular flexibility index (Phi) is 5.90. The summed E-state index contributed by atoms with van der Waals surface area (Å²) in [6.07, 6.45) is 5.19. The van der Waals surface area contributed by atoms with Crippen LogP contribution in [0.1, 0.15) is 41.9 Å². The quantitative estimate of drug-likeness (QED) is 0.332. The number of hydrogen-bond acceptors (Lipinski definition) is 6. The molecule has 0 bridgehead atoms. The van der Waals surface area contributed by atoms with Gasteiger partial charge < -0.3 is 30.1 Å². The first-order valence-corrected chi connectivity index (χ1v) is 12.2. The molecule has 184 valence electrons. The van der Waals surface area contributed by atoms with E-state index >= 15 is 0 Å². The molecule has 9 heteroatoms. The lowest BCUT2D eigenvalue weighted by Crippen LogP contribution is -2.43. The number of benzene rings is 2. The summed E-state index contributed by atoms with van der Waals surface area (Å²) in [5, 5.41) is 6.63. The molecule has 2 aromatic carbocycles. The van der Waals surface area contributed by atoms with Crippen molar-refractivity contribution in [2.24, 2.45) is 0 Å². The van der Waals surface area contributed by atoms with Crippen molar-refractivity contribution in [2.45, 2.75) is 44.3 Å². The number of ether oxygens (including phenoxy) is 2. The van der Waals surface area contributed by atoms with Crippen LogP contribution in [-0.4, -0.2) is 39.7 Å². The number of pyridine rings is 1. The van der Waals surface area contributed by atoms with Gasteiger partial charge in [-0.05, 0) is 67.1 Å². The molecule has 4 aromatic rings. The van der Waals surface area contributed by atoms with Crippen LogP contribution in [0, 0.1) is 0 Å². The summed E-state index contributed by atoms with van der Waals surface area (Å²) in [5.74, 6) is 1.91. The summed E-state index contributed by atoms with van der Waals surface area (Å²) in [4.78, 5) is 36.1. The van der Waals surface area contributed by atoms with E-state index < -0.39 is 5.56 Å². The molecule has 9 nitrogen and oxygen atoms in total. The SMILES string of the molecule is O=C(NC1CCC(NCc2nc3ccccc3[nH]2)CC1)c1cc(-c2ccc3c(c2)OCO3)c[nH]c1=O. The molecule has 36 heavy (non-hydrogen) atoms. The molecule has 4 N–H and O–H groups in total. The maximum absolute atomic E-state index is 13.0. The van der Waals surface area contributed by atoms with Gasteiger partial charge in [0.05, 0.1) is 17.6 Å². The molecule has 0 atom stereocenters. The lowest BCUT2D eigenvalue weighted by Gasteiger charge is -2.29. The third-order valence-electron chi connectivity index (χ3n) is 6.91. The van der Waals surface area contributed by atoms with Crippen LogP contribution < -0.4 is 25.7 Å². The Labute approximate surface area is 207 Å². The van der Waals surface area contributed by atoms with Crippen molar-refractivity contribution < 1.29 is 14.3 Å². The van der Waals surface area contributed by atoms with Gasteiger partial charge in [0.15, 0.2) is 11.5 Å². The van der Waals surface area contributed by atoms with Crippen molar-refractivity contribution >= 4 is 16.9 Å². The minimum atomic E-state index is -0.404. The molecule has 0 unspecified atom stereocenters.